The van der Waals surface area contributed by atoms with Crippen molar-refractivity contribution in [3.05, 3.63) is 0 Å². The zero-order valence-electron chi connectivity index (χ0n) is 29.9. The molecule has 7 nitrogen and oxygen atoms in total. The number of nitrogens with one attached hydrogen (secondary N) is 1. The summed E-state index contributed by atoms with van der Waals surface area (Å²) in [5.41, 5.74) is 0. The number of unbranched alkanes of at least 4 members (excludes halogenated alkanes) is 20. The van der Waals surface area contributed by atoms with Crippen LogP contribution in [0.4, 0.5) is 17.8 Å². The van der Waals surface area contributed by atoms with Crippen LogP contribution in [0.25, 0.3) is 0 Å². The van der Waals surface area contributed by atoms with E-state index >= 15 is 0 Å². The fraction of sp³-hybridized carbons (Fsp3) is 0.919. The molecule has 0 aromatic carbocycles. The molecule has 7 heteroatoms. The van der Waals surface area contributed by atoms with Crippen LogP contribution in [0.5, 0.6) is 0 Å². The summed E-state index contributed by atoms with van der Waals surface area (Å²) in [6.45, 7) is 13.6. The van der Waals surface area contributed by atoms with E-state index in [0.29, 0.717) is 12.5 Å². The Kier molecular flexibility index (Phi) is 27.6. The summed E-state index contributed by atoms with van der Waals surface area (Å²) in [7, 11) is 0. The van der Waals surface area contributed by atoms with Crippen molar-refractivity contribution in [2.24, 2.45) is 0 Å². The van der Waals surface area contributed by atoms with Crippen LogP contribution in [0.2, 0.25) is 0 Å². The minimum absolute atomic E-state index is 0.0643. The minimum Gasteiger partial charge on any atom is -0.395 e. The summed E-state index contributed by atoms with van der Waals surface area (Å²) < 4.78 is 0. The molecule has 0 spiro atoms. The van der Waals surface area contributed by atoms with Crippen molar-refractivity contribution in [3.8, 4) is 0 Å². The quantitative estimate of drug-likeness (QED) is 0.0759. The molecular formula is C37H74N6O. The molecular weight excluding hydrogens is 544 g/mol. The fourth-order valence-corrected chi connectivity index (χ4v) is 5.84. The van der Waals surface area contributed by atoms with Gasteiger partial charge in [0.2, 0.25) is 17.8 Å². The van der Waals surface area contributed by atoms with Crippen molar-refractivity contribution in [3.63, 3.8) is 0 Å². The van der Waals surface area contributed by atoms with Crippen LogP contribution in [0.15, 0.2) is 0 Å². The third-order valence-corrected chi connectivity index (χ3v) is 8.70. The normalized spacial score (nSPS) is 11.3. The van der Waals surface area contributed by atoms with Gasteiger partial charge < -0.3 is 20.2 Å². The molecule has 1 aromatic rings. The number of nitrogens with zero attached hydrogens (tertiary/aromatic N) is 5. The van der Waals surface area contributed by atoms with Crippen molar-refractivity contribution in [1.29, 1.82) is 0 Å². The molecule has 1 aromatic heterocycles. The van der Waals surface area contributed by atoms with Crippen molar-refractivity contribution < 1.29 is 5.11 Å². The molecule has 0 bridgehead atoms. The van der Waals surface area contributed by atoms with Crippen LogP contribution in [-0.2, 0) is 0 Å². The summed E-state index contributed by atoms with van der Waals surface area (Å²) in [4.78, 5) is 19.9. The van der Waals surface area contributed by atoms with Gasteiger partial charge in [0, 0.05) is 32.7 Å². The van der Waals surface area contributed by atoms with Crippen LogP contribution in [0, 0.1) is 0 Å². The molecule has 0 atom stereocenters. The van der Waals surface area contributed by atoms with Crippen molar-refractivity contribution in [2.45, 2.75) is 182 Å². The maximum atomic E-state index is 9.55. The molecule has 44 heavy (non-hydrogen) atoms. The lowest BCUT2D eigenvalue weighted by Gasteiger charge is -2.27. The van der Waals surface area contributed by atoms with Crippen LogP contribution in [0.3, 0.4) is 0 Å². The third-order valence-electron chi connectivity index (χ3n) is 8.70. The van der Waals surface area contributed by atoms with Crippen molar-refractivity contribution in [2.75, 3.05) is 54.4 Å². The second kappa shape index (κ2) is 30.0. The zero-order valence-corrected chi connectivity index (χ0v) is 29.9. The molecule has 0 amide bonds. The molecule has 258 valence electrons. The summed E-state index contributed by atoms with van der Waals surface area (Å²) in [5, 5.41) is 12.8. The van der Waals surface area contributed by atoms with E-state index in [1.54, 1.807) is 0 Å². The van der Waals surface area contributed by atoms with Gasteiger partial charge in [-0.3, -0.25) is 0 Å². The van der Waals surface area contributed by atoms with Crippen LogP contribution >= 0.6 is 0 Å². The first-order valence-corrected chi connectivity index (χ1v) is 19.3. The Morgan fingerprint density at radius 2 is 0.727 bits per heavy atom. The van der Waals surface area contributed by atoms with E-state index in [-0.39, 0.29) is 6.61 Å². The second-order valence-electron chi connectivity index (χ2n) is 13.0. The Hall–Kier alpha value is -1.63. The second-order valence-corrected chi connectivity index (χ2v) is 13.0. The van der Waals surface area contributed by atoms with Gasteiger partial charge >= 0.3 is 0 Å². The van der Waals surface area contributed by atoms with Gasteiger partial charge in [-0.2, -0.15) is 15.0 Å². The highest BCUT2D eigenvalue weighted by Crippen LogP contribution is 2.21. The Labute approximate surface area is 273 Å². The largest absolute Gasteiger partial charge is 0.395 e. The summed E-state index contributed by atoms with van der Waals surface area (Å²) in [5.74, 6) is 2.23. The number of aliphatic hydroxyl groups is 1. The van der Waals surface area contributed by atoms with E-state index < -0.39 is 0 Å². The molecule has 0 fully saturated rings. The van der Waals surface area contributed by atoms with Gasteiger partial charge in [-0.25, -0.2) is 0 Å². The average molecular weight is 619 g/mol. The van der Waals surface area contributed by atoms with Crippen LogP contribution in [0.1, 0.15) is 182 Å². The number of aromatic nitrogens is 3. The van der Waals surface area contributed by atoms with Crippen molar-refractivity contribution >= 4 is 17.8 Å². The Bertz CT molecular complexity index is 662. The monoisotopic (exact) mass is 619 g/mol. The number of rotatable bonds is 33. The van der Waals surface area contributed by atoms with E-state index in [9.17, 15) is 5.11 Å². The molecule has 0 saturated carbocycles. The standard InChI is InChI=1S/C37H74N6O/c1-5-9-13-17-21-25-30-42(31-26-22-18-14-10-6-2)36-39-35(38-29-34-44)40-37(41-36)43(32-27-23-19-15-11-7-3)33-28-24-20-16-12-8-4/h44H,5-34H2,1-4H3,(H,38,39,40,41). The van der Waals surface area contributed by atoms with Crippen molar-refractivity contribution in [1.82, 2.24) is 15.0 Å². The van der Waals surface area contributed by atoms with Crippen LogP contribution < -0.4 is 15.1 Å². The molecule has 0 aliphatic rings. The molecule has 2 N–H and O–H groups in total. The first-order valence-electron chi connectivity index (χ1n) is 19.3. The first-order chi connectivity index (χ1) is 21.7. The van der Waals surface area contributed by atoms with Gasteiger partial charge in [0.25, 0.3) is 0 Å². The molecule has 0 aliphatic heterocycles. The van der Waals surface area contributed by atoms with Gasteiger partial charge in [-0.05, 0) is 25.7 Å². The van der Waals surface area contributed by atoms with Crippen LogP contribution in [-0.4, -0.2) is 59.4 Å². The number of aliphatic hydroxyl groups excluding tert-OH is 1. The molecule has 0 unspecified atom stereocenters. The highest BCUT2D eigenvalue weighted by Gasteiger charge is 2.18. The molecule has 0 radical (unpaired) electrons. The van der Waals surface area contributed by atoms with Gasteiger partial charge in [0.05, 0.1) is 6.61 Å². The number of anilines is 3. The maximum Gasteiger partial charge on any atom is 0.231 e. The smallest absolute Gasteiger partial charge is 0.231 e. The van der Waals surface area contributed by atoms with Gasteiger partial charge in [-0.15, -0.1) is 0 Å². The third kappa shape index (κ3) is 21.2. The van der Waals surface area contributed by atoms with E-state index in [1.807, 2.05) is 0 Å². The van der Waals surface area contributed by atoms with E-state index in [0.717, 1.165) is 38.1 Å². The first kappa shape index (κ1) is 40.4. The molecule has 0 saturated heterocycles. The minimum atomic E-state index is 0.0643. The average Bonchev–Trinajstić information content (AvgIpc) is 3.04. The molecule has 1 heterocycles. The fourth-order valence-electron chi connectivity index (χ4n) is 5.84. The number of hydrogen-bond donors (Lipinski definition) is 2. The lowest BCUT2D eigenvalue weighted by atomic mass is 10.1. The predicted octanol–water partition coefficient (Wildman–Crippen LogP) is 10.3. The zero-order chi connectivity index (χ0) is 31.9. The molecule has 0 aliphatic carbocycles. The summed E-state index contributed by atoms with van der Waals surface area (Å²) in [6, 6.07) is 0. The summed E-state index contributed by atoms with van der Waals surface area (Å²) >= 11 is 0. The number of hydrogen-bond acceptors (Lipinski definition) is 7. The lowest BCUT2D eigenvalue weighted by Crippen LogP contribution is -2.32. The van der Waals surface area contributed by atoms with Gasteiger partial charge in [0.1, 0.15) is 0 Å². The maximum absolute atomic E-state index is 9.55. The lowest BCUT2D eigenvalue weighted by molar-refractivity contribution is 0.310. The molecule has 1 rings (SSSR count). The highest BCUT2D eigenvalue weighted by molar-refractivity contribution is 5.45. The Morgan fingerprint density at radius 3 is 1.02 bits per heavy atom. The van der Waals surface area contributed by atoms with E-state index in [4.69, 9.17) is 15.0 Å². The topological polar surface area (TPSA) is 77.4 Å². The highest BCUT2D eigenvalue weighted by atomic mass is 16.3. The SMILES string of the molecule is CCCCCCCCN(CCCCCCCC)c1nc(NCCO)nc(N(CCCCCCCC)CCCCCCCC)n1. The van der Waals surface area contributed by atoms with Gasteiger partial charge in [0.15, 0.2) is 0 Å². The van der Waals surface area contributed by atoms with E-state index in [2.05, 4.69) is 42.8 Å². The van der Waals surface area contributed by atoms with E-state index in [1.165, 1.54) is 154 Å². The van der Waals surface area contributed by atoms with Gasteiger partial charge in [-0.1, -0.05) is 156 Å². The Balaban J connectivity index is 3.10. The summed E-state index contributed by atoms with van der Waals surface area (Å²) in [6.07, 6.45) is 30.9. The predicted molar refractivity (Wildman–Crippen MR) is 193 cm³/mol. The Morgan fingerprint density at radius 1 is 0.432 bits per heavy atom.